The molecule has 0 atom stereocenters. The van der Waals surface area contributed by atoms with Crippen LogP contribution in [0.1, 0.15) is 10.4 Å². The van der Waals surface area contributed by atoms with Crippen LogP contribution >= 0.6 is 0 Å². The van der Waals surface area contributed by atoms with Gasteiger partial charge in [0.2, 0.25) is 5.89 Å². The van der Waals surface area contributed by atoms with Gasteiger partial charge in [-0.1, -0.05) is 24.3 Å². The van der Waals surface area contributed by atoms with Crippen molar-refractivity contribution in [2.45, 2.75) is 0 Å². The lowest BCUT2D eigenvalue weighted by atomic mass is 10.0. The van der Waals surface area contributed by atoms with Crippen LogP contribution < -0.4 is 10.2 Å². The molecule has 0 fully saturated rings. The van der Waals surface area contributed by atoms with Gasteiger partial charge in [-0.15, -0.1) is 0 Å². The van der Waals surface area contributed by atoms with Gasteiger partial charge in [-0.3, -0.25) is 10.0 Å². The molecular weight excluding hydrogens is 363 g/mol. The van der Waals surface area contributed by atoms with Crippen molar-refractivity contribution in [1.29, 1.82) is 0 Å². The zero-order valence-electron chi connectivity index (χ0n) is 14.8. The van der Waals surface area contributed by atoms with Crippen molar-refractivity contribution in [1.82, 2.24) is 10.5 Å². The number of carbonyl (C=O) groups excluding carboxylic acids is 1. The van der Waals surface area contributed by atoms with Crippen LogP contribution in [-0.2, 0) is 0 Å². The molecule has 1 heterocycles. The van der Waals surface area contributed by atoms with Gasteiger partial charge in [0.25, 0.3) is 5.91 Å². The van der Waals surface area contributed by atoms with E-state index in [9.17, 15) is 9.18 Å². The van der Waals surface area contributed by atoms with Crippen LogP contribution in [0.15, 0.2) is 65.1 Å². The largest absolute Gasteiger partial charge is 0.494 e. The summed E-state index contributed by atoms with van der Waals surface area (Å²) < 4.78 is 25.2. The normalized spacial score (nSPS) is 10.8. The van der Waals surface area contributed by atoms with Crippen molar-refractivity contribution in [2.75, 3.05) is 7.11 Å². The highest BCUT2D eigenvalue weighted by molar-refractivity contribution is 5.96. The summed E-state index contributed by atoms with van der Waals surface area (Å²) in [6, 6.07) is 16.7. The van der Waals surface area contributed by atoms with Gasteiger partial charge in [-0.2, -0.15) is 0 Å². The molecule has 4 rings (SSSR count). The Bertz CT molecular complexity index is 1170. The van der Waals surface area contributed by atoms with Crippen molar-refractivity contribution >= 4 is 17.0 Å². The van der Waals surface area contributed by atoms with E-state index in [1.807, 2.05) is 0 Å². The number of nitrogens with one attached hydrogen (secondary N) is 1. The van der Waals surface area contributed by atoms with Crippen molar-refractivity contribution in [2.24, 2.45) is 0 Å². The fourth-order valence-electron chi connectivity index (χ4n) is 2.94. The number of hydrogen-bond donors (Lipinski definition) is 2. The van der Waals surface area contributed by atoms with Crippen LogP contribution in [0.25, 0.3) is 33.7 Å². The molecule has 0 saturated carbocycles. The maximum absolute atomic E-state index is 14.4. The van der Waals surface area contributed by atoms with E-state index in [4.69, 9.17) is 14.4 Å². The molecule has 28 heavy (non-hydrogen) atoms. The number of rotatable bonds is 4. The Labute approximate surface area is 159 Å². The molecule has 7 heteroatoms. The molecule has 0 spiro atoms. The Kier molecular flexibility index (Phi) is 4.50. The fourth-order valence-corrected chi connectivity index (χ4v) is 2.94. The summed E-state index contributed by atoms with van der Waals surface area (Å²) in [7, 11) is 1.42. The monoisotopic (exact) mass is 378 g/mol. The number of aromatic nitrogens is 1. The van der Waals surface area contributed by atoms with E-state index in [0.717, 1.165) is 0 Å². The van der Waals surface area contributed by atoms with Gasteiger partial charge in [0.15, 0.2) is 17.1 Å². The predicted octanol–water partition coefficient (Wildman–Crippen LogP) is 4.43. The zero-order chi connectivity index (χ0) is 19.7. The standard InChI is InChI=1S/C21H15FN2O4/c1-27-18-4-2-3-15(19(18)22)12-5-7-13(8-6-12)21-23-16-11-14(20(25)24-26)9-10-17(16)28-21/h2-11,26H,1H3,(H,24,25). The van der Waals surface area contributed by atoms with Crippen LogP contribution in [0.3, 0.4) is 0 Å². The summed E-state index contributed by atoms with van der Waals surface area (Å²) in [4.78, 5) is 15.9. The van der Waals surface area contributed by atoms with Crippen molar-refractivity contribution < 1.29 is 23.5 Å². The lowest BCUT2D eigenvalue weighted by Crippen LogP contribution is -2.18. The number of methoxy groups -OCH3 is 1. The molecule has 0 bridgehead atoms. The van der Waals surface area contributed by atoms with E-state index in [1.165, 1.54) is 19.2 Å². The van der Waals surface area contributed by atoms with Crippen molar-refractivity contribution in [3.63, 3.8) is 0 Å². The molecule has 0 aliphatic rings. The minimum atomic E-state index is -0.629. The SMILES string of the molecule is COc1cccc(-c2ccc(-c3nc4cc(C(=O)NO)ccc4o3)cc2)c1F. The summed E-state index contributed by atoms with van der Waals surface area (Å²) in [5.74, 6) is -0.497. The molecule has 6 nitrogen and oxygen atoms in total. The smallest absolute Gasteiger partial charge is 0.274 e. The Morgan fingerprint density at radius 3 is 2.57 bits per heavy atom. The highest BCUT2D eigenvalue weighted by atomic mass is 19.1. The molecule has 1 amide bonds. The predicted molar refractivity (Wildman–Crippen MR) is 101 cm³/mol. The topological polar surface area (TPSA) is 84.6 Å². The minimum Gasteiger partial charge on any atom is -0.494 e. The summed E-state index contributed by atoms with van der Waals surface area (Å²) in [6.45, 7) is 0. The molecule has 0 aliphatic heterocycles. The first-order valence-electron chi connectivity index (χ1n) is 8.39. The highest BCUT2D eigenvalue weighted by Gasteiger charge is 2.13. The molecule has 2 N–H and O–H groups in total. The summed E-state index contributed by atoms with van der Waals surface area (Å²) in [6.07, 6.45) is 0. The Balaban J connectivity index is 1.68. The number of ether oxygens (including phenoxy) is 1. The van der Waals surface area contributed by atoms with E-state index in [-0.39, 0.29) is 11.3 Å². The number of amides is 1. The van der Waals surface area contributed by atoms with Crippen molar-refractivity contribution in [3.05, 3.63) is 72.0 Å². The van der Waals surface area contributed by atoms with Crippen LogP contribution in [-0.4, -0.2) is 23.2 Å². The minimum absolute atomic E-state index is 0.184. The highest BCUT2D eigenvalue weighted by Crippen LogP contribution is 2.31. The van der Waals surface area contributed by atoms with Crippen LogP contribution in [0.4, 0.5) is 4.39 Å². The molecule has 0 saturated heterocycles. The van der Waals surface area contributed by atoms with Crippen LogP contribution in [0, 0.1) is 5.82 Å². The number of carbonyl (C=O) groups is 1. The summed E-state index contributed by atoms with van der Waals surface area (Å²) >= 11 is 0. The Morgan fingerprint density at radius 2 is 1.86 bits per heavy atom. The van der Waals surface area contributed by atoms with Gasteiger partial charge < -0.3 is 9.15 Å². The number of oxazole rings is 1. The van der Waals surface area contributed by atoms with E-state index < -0.39 is 11.7 Å². The van der Waals surface area contributed by atoms with Crippen LogP contribution in [0.5, 0.6) is 5.75 Å². The Morgan fingerprint density at radius 1 is 1.11 bits per heavy atom. The average molecular weight is 378 g/mol. The summed E-state index contributed by atoms with van der Waals surface area (Å²) in [5, 5.41) is 8.74. The average Bonchev–Trinajstić information content (AvgIpc) is 3.17. The van der Waals surface area contributed by atoms with E-state index >= 15 is 0 Å². The van der Waals surface area contributed by atoms with Crippen molar-refractivity contribution in [3.8, 4) is 28.3 Å². The first-order chi connectivity index (χ1) is 13.6. The number of halogens is 1. The third-order valence-electron chi connectivity index (χ3n) is 4.38. The van der Waals surface area contributed by atoms with E-state index in [1.54, 1.807) is 54.0 Å². The second-order valence-electron chi connectivity index (χ2n) is 6.04. The van der Waals surface area contributed by atoms with Gasteiger partial charge >= 0.3 is 0 Å². The third-order valence-corrected chi connectivity index (χ3v) is 4.38. The molecule has 140 valence electrons. The Hall–Kier alpha value is -3.71. The van der Waals surface area contributed by atoms with E-state index in [0.29, 0.717) is 33.7 Å². The molecule has 0 aliphatic carbocycles. The number of hydroxylamine groups is 1. The first-order valence-corrected chi connectivity index (χ1v) is 8.39. The maximum Gasteiger partial charge on any atom is 0.274 e. The lowest BCUT2D eigenvalue weighted by molar-refractivity contribution is 0.0706. The van der Waals surface area contributed by atoms with Crippen LogP contribution in [0.2, 0.25) is 0 Å². The zero-order valence-corrected chi connectivity index (χ0v) is 14.8. The third kappa shape index (κ3) is 3.08. The lowest BCUT2D eigenvalue weighted by Gasteiger charge is -2.07. The molecule has 1 aromatic heterocycles. The molecule has 4 aromatic rings. The van der Waals surface area contributed by atoms with Gasteiger partial charge in [0, 0.05) is 16.7 Å². The molecular formula is C21H15FN2O4. The second kappa shape index (κ2) is 7.13. The molecule has 3 aromatic carbocycles. The first kappa shape index (κ1) is 17.7. The van der Waals surface area contributed by atoms with Gasteiger partial charge in [0.1, 0.15) is 5.52 Å². The summed E-state index contributed by atoms with van der Waals surface area (Å²) in [5.41, 5.74) is 4.67. The van der Waals surface area contributed by atoms with Gasteiger partial charge in [-0.05, 0) is 42.0 Å². The number of benzene rings is 3. The fraction of sp³-hybridized carbons (Fsp3) is 0.0476. The quantitative estimate of drug-likeness (QED) is 0.405. The van der Waals surface area contributed by atoms with Gasteiger partial charge in [0.05, 0.1) is 7.11 Å². The van der Waals surface area contributed by atoms with E-state index in [2.05, 4.69) is 4.98 Å². The number of hydrogen-bond acceptors (Lipinski definition) is 5. The second-order valence-corrected chi connectivity index (χ2v) is 6.04. The molecule has 0 unspecified atom stereocenters. The number of fused-ring (bicyclic) bond motifs is 1. The maximum atomic E-state index is 14.4. The van der Waals surface area contributed by atoms with Gasteiger partial charge in [-0.25, -0.2) is 14.9 Å². The molecule has 0 radical (unpaired) electrons. The number of nitrogens with zero attached hydrogens (tertiary/aromatic N) is 1.